The smallest absolute Gasteiger partial charge is 0.325 e. The van der Waals surface area contributed by atoms with Crippen molar-refractivity contribution < 1.29 is 27.2 Å². The van der Waals surface area contributed by atoms with E-state index in [9.17, 15) is 22.8 Å². The van der Waals surface area contributed by atoms with Gasteiger partial charge in [-0.1, -0.05) is 19.3 Å². The molecule has 0 radical (unpaired) electrons. The predicted octanol–water partition coefficient (Wildman–Crippen LogP) is 2.64. The number of furan rings is 1. The first-order valence-corrected chi connectivity index (χ1v) is 12.6. The Morgan fingerprint density at radius 1 is 1.18 bits per heavy atom. The fourth-order valence-corrected chi connectivity index (χ4v) is 5.85. The normalized spacial score (nSPS) is 21.7. The average molecular weight is 489 g/mol. The van der Waals surface area contributed by atoms with Crippen molar-refractivity contribution in [1.29, 1.82) is 0 Å². The second kappa shape index (κ2) is 9.22. The zero-order valence-electron chi connectivity index (χ0n) is 19.1. The van der Waals surface area contributed by atoms with E-state index in [-0.39, 0.29) is 16.7 Å². The van der Waals surface area contributed by atoms with E-state index in [2.05, 4.69) is 10.6 Å². The number of nitrogens with zero attached hydrogens (tertiary/aromatic N) is 2. The largest absolute Gasteiger partial charge is 0.466 e. The van der Waals surface area contributed by atoms with Crippen LogP contribution in [0.2, 0.25) is 0 Å². The molecule has 1 saturated heterocycles. The number of sulfonamides is 1. The first kappa shape index (κ1) is 24.0. The molecule has 4 amide bonds. The van der Waals surface area contributed by atoms with E-state index in [0.29, 0.717) is 5.69 Å². The van der Waals surface area contributed by atoms with E-state index in [1.807, 2.05) is 0 Å². The van der Waals surface area contributed by atoms with Crippen LogP contribution in [-0.2, 0) is 25.2 Å². The van der Waals surface area contributed by atoms with E-state index in [0.717, 1.165) is 37.0 Å². The van der Waals surface area contributed by atoms with Gasteiger partial charge < -0.3 is 15.1 Å². The molecule has 2 aliphatic rings. The number of anilines is 1. The third-order valence-electron chi connectivity index (χ3n) is 6.49. The van der Waals surface area contributed by atoms with Crippen LogP contribution in [0.15, 0.2) is 52.0 Å². The first-order chi connectivity index (χ1) is 16.1. The number of benzene rings is 1. The molecule has 0 unspecified atom stereocenters. The first-order valence-electron chi connectivity index (χ1n) is 11.2. The van der Waals surface area contributed by atoms with Crippen LogP contribution in [-0.4, -0.2) is 55.1 Å². The summed E-state index contributed by atoms with van der Waals surface area (Å²) in [6.07, 6.45) is 6.27. The van der Waals surface area contributed by atoms with Gasteiger partial charge in [0.2, 0.25) is 15.9 Å². The lowest BCUT2D eigenvalue weighted by Crippen LogP contribution is -2.41. The van der Waals surface area contributed by atoms with Crippen molar-refractivity contribution in [1.82, 2.24) is 14.5 Å². The molecule has 0 spiro atoms. The third kappa shape index (κ3) is 4.45. The van der Waals surface area contributed by atoms with Crippen LogP contribution in [0.4, 0.5) is 10.5 Å². The Bertz CT molecular complexity index is 1170. The molecule has 1 atom stereocenters. The topological polar surface area (TPSA) is 129 Å². The summed E-state index contributed by atoms with van der Waals surface area (Å²) in [4.78, 5) is 38.6. The maximum atomic E-state index is 13.0. The molecule has 4 rings (SSSR count). The summed E-state index contributed by atoms with van der Waals surface area (Å²) in [7, 11) is -2.04. The summed E-state index contributed by atoms with van der Waals surface area (Å²) < 4.78 is 32.6. The maximum absolute atomic E-state index is 13.0. The van der Waals surface area contributed by atoms with Gasteiger partial charge in [0.05, 0.1) is 11.2 Å². The molecule has 11 heteroatoms. The van der Waals surface area contributed by atoms with Gasteiger partial charge in [0.25, 0.3) is 5.91 Å². The van der Waals surface area contributed by atoms with Crippen molar-refractivity contribution in [3.63, 3.8) is 0 Å². The zero-order valence-corrected chi connectivity index (χ0v) is 19.9. The molecule has 1 aromatic carbocycles. The Balaban J connectivity index is 1.39. The Kier molecular flexibility index (Phi) is 6.50. The molecule has 1 aliphatic carbocycles. The minimum Gasteiger partial charge on any atom is -0.466 e. The molecule has 2 heterocycles. The fraction of sp³-hybridized carbons (Fsp3) is 0.435. The number of carbonyl (C=O) groups excluding carboxylic acids is 3. The van der Waals surface area contributed by atoms with Crippen molar-refractivity contribution in [2.24, 2.45) is 0 Å². The van der Waals surface area contributed by atoms with E-state index in [1.54, 1.807) is 19.2 Å². The summed E-state index contributed by atoms with van der Waals surface area (Å²) in [5.74, 6) is -0.930. The molecule has 2 aromatic rings. The molecule has 2 N–H and O–H groups in total. The van der Waals surface area contributed by atoms with Gasteiger partial charge in [-0.3, -0.25) is 14.5 Å². The second-order valence-corrected chi connectivity index (χ2v) is 10.8. The lowest BCUT2D eigenvalue weighted by molar-refractivity contribution is -0.134. The van der Waals surface area contributed by atoms with Gasteiger partial charge in [0.15, 0.2) is 5.54 Å². The lowest BCUT2D eigenvalue weighted by Gasteiger charge is -2.30. The van der Waals surface area contributed by atoms with E-state index < -0.39 is 40.0 Å². The number of hydrogen-bond acceptors (Lipinski definition) is 6. The van der Waals surface area contributed by atoms with Gasteiger partial charge >= 0.3 is 6.03 Å². The Labute approximate surface area is 198 Å². The minimum atomic E-state index is -3.65. The van der Waals surface area contributed by atoms with Crippen molar-refractivity contribution in [3.05, 3.63) is 48.4 Å². The summed E-state index contributed by atoms with van der Waals surface area (Å²) in [6.45, 7) is 1.01. The molecule has 34 heavy (non-hydrogen) atoms. The summed E-state index contributed by atoms with van der Waals surface area (Å²) in [5.41, 5.74) is -1.04. The van der Waals surface area contributed by atoms with Crippen molar-refractivity contribution in [2.45, 2.75) is 55.5 Å². The summed E-state index contributed by atoms with van der Waals surface area (Å²) in [6, 6.07) is 8.31. The number of carbonyl (C=O) groups is 3. The highest BCUT2D eigenvalue weighted by molar-refractivity contribution is 7.89. The molecule has 10 nitrogen and oxygen atoms in total. The highest BCUT2D eigenvalue weighted by Crippen LogP contribution is 2.29. The standard InChI is InChI=1S/C23H28N4O6S/c1-23(19-9-6-14-33-19)21(29)27(22(30)25-23)15-20(28)24-16-10-12-18(13-11-16)34(31,32)26(2)17-7-4-3-5-8-17/h6,9-14,17H,3-5,7-8,15H2,1-2H3,(H,24,28)(H,25,30)/t23-/m1/s1. The number of hydrogen-bond donors (Lipinski definition) is 2. The Morgan fingerprint density at radius 3 is 2.47 bits per heavy atom. The number of rotatable bonds is 7. The number of urea groups is 1. The van der Waals surface area contributed by atoms with Crippen LogP contribution < -0.4 is 10.6 Å². The quantitative estimate of drug-likeness (QED) is 0.577. The van der Waals surface area contributed by atoms with Gasteiger partial charge in [-0.05, 0) is 56.2 Å². The van der Waals surface area contributed by atoms with Crippen LogP contribution >= 0.6 is 0 Å². The maximum Gasteiger partial charge on any atom is 0.325 e. The van der Waals surface area contributed by atoms with Crippen molar-refractivity contribution in [2.75, 3.05) is 18.9 Å². The summed E-state index contributed by atoms with van der Waals surface area (Å²) >= 11 is 0. The van der Waals surface area contributed by atoms with Crippen LogP contribution in [0, 0.1) is 0 Å². The van der Waals surface area contributed by atoms with Gasteiger partial charge in [-0.15, -0.1) is 0 Å². The molecular weight excluding hydrogens is 460 g/mol. The molecule has 0 bridgehead atoms. The van der Waals surface area contributed by atoms with Gasteiger partial charge in [0, 0.05) is 18.8 Å². The fourth-order valence-electron chi connectivity index (χ4n) is 4.43. The van der Waals surface area contributed by atoms with Crippen molar-refractivity contribution in [3.8, 4) is 0 Å². The number of amides is 4. The number of nitrogens with one attached hydrogen (secondary N) is 2. The second-order valence-electron chi connectivity index (χ2n) is 8.81. The Hall–Kier alpha value is -3.18. The number of imide groups is 1. The van der Waals surface area contributed by atoms with E-state index in [1.165, 1.54) is 41.8 Å². The average Bonchev–Trinajstić information content (AvgIpc) is 3.44. The SMILES string of the molecule is CN(C1CCCCC1)S(=O)(=O)c1ccc(NC(=O)CN2C(=O)N[C@](C)(c3ccco3)C2=O)cc1. The van der Waals surface area contributed by atoms with Gasteiger partial charge in [-0.25, -0.2) is 13.2 Å². The van der Waals surface area contributed by atoms with Gasteiger partial charge in [0.1, 0.15) is 12.3 Å². The molecule has 1 saturated carbocycles. The minimum absolute atomic E-state index is 0.00543. The van der Waals surface area contributed by atoms with Gasteiger partial charge in [-0.2, -0.15) is 4.31 Å². The lowest BCUT2D eigenvalue weighted by atomic mass is 9.96. The predicted molar refractivity (Wildman–Crippen MR) is 123 cm³/mol. The molecular formula is C23H28N4O6S. The van der Waals surface area contributed by atoms with E-state index in [4.69, 9.17) is 4.42 Å². The zero-order chi connectivity index (χ0) is 24.5. The molecule has 1 aromatic heterocycles. The third-order valence-corrected chi connectivity index (χ3v) is 8.42. The van der Waals surface area contributed by atoms with Crippen LogP contribution in [0.25, 0.3) is 0 Å². The molecule has 1 aliphatic heterocycles. The summed E-state index contributed by atoms with van der Waals surface area (Å²) in [5, 5.41) is 5.15. The van der Waals surface area contributed by atoms with Crippen LogP contribution in [0.1, 0.15) is 44.8 Å². The van der Waals surface area contributed by atoms with E-state index >= 15 is 0 Å². The monoisotopic (exact) mass is 488 g/mol. The molecule has 2 fully saturated rings. The van der Waals surface area contributed by atoms with Crippen LogP contribution in [0.5, 0.6) is 0 Å². The van der Waals surface area contributed by atoms with Crippen molar-refractivity contribution >= 4 is 33.6 Å². The molecule has 182 valence electrons. The highest BCUT2D eigenvalue weighted by Gasteiger charge is 2.51. The Morgan fingerprint density at radius 2 is 1.85 bits per heavy atom. The highest BCUT2D eigenvalue weighted by atomic mass is 32.2. The van der Waals surface area contributed by atoms with Crippen LogP contribution in [0.3, 0.4) is 0 Å².